The average molecular weight is 192 g/mol. The van der Waals surface area contributed by atoms with Crippen LogP contribution in [0, 0.1) is 0 Å². The highest BCUT2D eigenvalue weighted by atomic mass is 16.2. The average Bonchev–Trinajstić information content (AvgIpc) is 2.30. The van der Waals surface area contributed by atoms with Gasteiger partial charge in [-0.25, -0.2) is 0 Å². The van der Waals surface area contributed by atoms with Crippen LogP contribution in [0.25, 0.3) is 0 Å². The molecule has 1 amide bonds. The third kappa shape index (κ3) is 1.88. The van der Waals surface area contributed by atoms with Crippen molar-refractivity contribution < 1.29 is 4.79 Å². The van der Waals surface area contributed by atoms with Crippen LogP contribution < -0.4 is 5.32 Å². The Labute approximate surface area is 82.1 Å². The molecule has 14 heavy (non-hydrogen) atoms. The van der Waals surface area contributed by atoms with Gasteiger partial charge in [0.25, 0.3) is 5.91 Å². The summed E-state index contributed by atoms with van der Waals surface area (Å²) in [7, 11) is 0. The Morgan fingerprint density at radius 2 is 2.14 bits per heavy atom. The lowest BCUT2D eigenvalue weighted by atomic mass is 10.2. The highest BCUT2D eigenvalue weighted by Gasteiger charge is 2.17. The van der Waals surface area contributed by atoms with Crippen LogP contribution >= 0.6 is 0 Å². The van der Waals surface area contributed by atoms with E-state index >= 15 is 0 Å². The topological polar surface area (TPSA) is 58.1 Å². The molecule has 0 radical (unpaired) electrons. The molecule has 2 heterocycles. The van der Waals surface area contributed by atoms with E-state index in [0.29, 0.717) is 5.56 Å². The standard InChI is InChI=1S/C9H12N4O/c14-9(8-1-2-11-12-7-8)13-5-3-10-4-6-13/h1-2,7,10H,3-6H2. The van der Waals surface area contributed by atoms with Gasteiger partial charge in [0.05, 0.1) is 18.0 Å². The van der Waals surface area contributed by atoms with Crippen LogP contribution in [0.2, 0.25) is 0 Å². The Hall–Kier alpha value is -1.49. The summed E-state index contributed by atoms with van der Waals surface area (Å²) < 4.78 is 0. The van der Waals surface area contributed by atoms with Gasteiger partial charge in [-0.3, -0.25) is 4.79 Å². The Balaban J connectivity index is 2.07. The van der Waals surface area contributed by atoms with Crippen LogP contribution in [0.5, 0.6) is 0 Å². The second-order valence-corrected chi connectivity index (χ2v) is 3.17. The molecule has 0 unspecified atom stereocenters. The Morgan fingerprint density at radius 3 is 2.79 bits per heavy atom. The van der Waals surface area contributed by atoms with Crippen molar-refractivity contribution in [3.63, 3.8) is 0 Å². The molecule has 0 spiro atoms. The van der Waals surface area contributed by atoms with Crippen LogP contribution in [0.3, 0.4) is 0 Å². The first-order valence-electron chi connectivity index (χ1n) is 4.64. The highest BCUT2D eigenvalue weighted by molar-refractivity contribution is 5.93. The van der Waals surface area contributed by atoms with E-state index < -0.39 is 0 Å². The molecule has 1 aliphatic rings. The maximum absolute atomic E-state index is 11.8. The summed E-state index contributed by atoms with van der Waals surface area (Å²) in [5, 5.41) is 10.5. The highest BCUT2D eigenvalue weighted by Crippen LogP contribution is 2.02. The maximum atomic E-state index is 11.8. The molecule has 0 aliphatic carbocycles. The van der Waals surface area contributed by atoms with Crippen molar-refractivity contribution in [2.24, 2.45) is 0 Å². The van der Waals surface area contributed by atoms with Gasteiger partial charge in [-0.15, -0.1) is 0 Å². The predicted octanol–water partition coefficient (Wildman–Crippen LogP) is -0.478. The van der Waals surface area contributed by atoms with Crippen molar-refractivity contribution in [2.45, 2.75) is 0 Å². The molecule has 74 valence electrons. The van der Waals surface area contributed by atoms with E-state index in [1.807, 2.05) is 4.90 Å². The van der Waals surface area contributed by atoms with Crippen molar-refractivity contribution in [3.8, 4) is 0 Å². The molecule has 1 saturated heterocycles. The Bertz CT molecular complexity index is 308. The summed E-state index contributed by atoms with van der Waals surface area (Å²) in [5.74, 6) is 0.0430. The number of hydrogen-bond acceptors (Lipinski definition) is 4. The molecule has 2 rings (SSSR count). The van der Waals surface area contributed by atoms with E-state index in [2.05, 4.69) is 15.5 Å². The van der Waals surface area contributed by atoms with E-state index in [0.717, 1.165) is 26.2 Å². The van der Waals surface area contributed by atoms with E-state index in [4.69, 9.17) is 0 Å². The number of amides is 1. The van der Waals surface area contributed by atoms with Gasteiger partial charge >= 0.3 is 0 Å². The fraction of sp³-hybridized carbons (Fsp3) is 0.444. The van der Waals surface area contributed by atoms with Gasteiger partial charge in [0, 0.05) is 26.2 Å². The largest absolute Gasteiger partial charge is 0.336 e. The lowest BCUT2D eigenvalue weighted by molar-refractivity contribution is 0.0735. The molecule has 1 N–H and O–H groups in total. The fourth-order valence-electron chi connectivity index (χ4n) is 1.47. The number of carbonyl (C=O) groups excluding carboxylic acids is 1. The zero-order chi connectivity index (χ0) is 9.80. The van der Waals surface area contributed by atoms with Crippen molar-refractivity contribution >= 4 is 5.91 Å². The van der Waals surface area contributed by atoms with Gasteiger partial charge in [-0.1, -0.05) is 0 Å². The molecule has 5 nitrogen and oxygen atoms in total. The number of rotatable bonds is 1. The molecule has 0 atom stereocenters. The monoisotopic (exact) mass is 192 g/mol. The number of aromatic nitrogens is 2. The molecule has 0 bridgehead atoms. The smallest absolute Gasteiger partial charge is 0.255 e. The van der Waals surface area contributed by atoms with E-state index in [9.17, 15) is 4.79 Å². The molecule has 0 aromatic carbocycles. The lowest BCUT2D eigenvalue weighted by Gasteiger charge is -2.27. The molecule has 1 fully saturated rings. The molecule has 1 aromatic heterocycles. The zero-order valence-corrected chi connectivity index (χ0v) is 7.81. The van der Waals surface area contributed by atoms with Gasteiger partial charge in [-0.05, 0) is 6.07 Å². The van der Waals surface area contributed by atoms with E-state index in [1.54, 1.807) is 6.07 Å². The first-order chi connectivity index (χ1) is 6.88. The quantitative estimate of drug-likeness (QED) is 0.653. The minimum atomic E-state index is 0.0430. The van der Waals surface area contributed by atoms with Crippen LogP contribution in [0.4, 0.5) is 0 Å². The molecule has 5 heteroatoms. The number of nitrogens with one attached hydrogen (secondary N) is 1. The number of carbonyl (C=O) groups is 1. The normalized spacial score (nSPS) is 16.7. The fourth-order valence-corrected chi connectivity index (χ4v) is 1.47. The van der Waals surface area contributed by atoms with E-state index in [-0.39, 0.29) is 5.91 Å². The van der Waals surface area contributed by atoms with Crippen LogP contribution in [0.15, 0.2) is 18.5 Å². The van der Waals surface area contributed by atoms with Gasteiger partial charge in [0.2, 0.25) is 0 Å². The molecule has 1 aliphatic heterocycles. The summed E-state index contributed by atoms with van der Waals surface area (Å²) in [6, 6.07) is 1.69. The first kappa shape index (κ1) is 9.08. The third-order valence-corrected chi connectivity index (χ3v) is 2.24. The number of nitrogens with zero attached hydrogens (tertiary/aromatic N) is 3. The summed E-state index contributed by atoms with van der Waals surface area (Å²) in [6.07, 6.45) is 3.04. The first-order valence-corrected chi connectivity index (χ1v) is 4.64. The van der Waals surface area contributed by atoms with Gasteiger partial charge in [-0.2, -0.15) is 10.2 Å². The maximum Gasteiger partial charge on any atom is 0.255 e. The summed E-state index contributed by atoms with van der Waals surface area (Å²) in [4.78, 5) is 13.7. The number of hydrogen-bond donors (Lipinski definition) is 1. The Morgan fingerprint density at radius 1 is 1.36 bits per heavy atom. The van der Waals surface area contributed by atoms with Crippen LogP contribution in [-0.2, 0) is 0 Å². The number of piperazine rings is 1. The minimum absolute atomic E-state index is 0.0430. The molecule has 0 saturated carbocycles. The minimum Gasteiger partial charge on any atom is -0.336 e. The van der Waals surface area contributed by atoms with Gasteiger partial charge < -0.3 is 10.2 Å². The van der Waals surface area contributed by atoms with Crippen molar-refractivity contribution in [2.75, 3.05) is 26.2 Å². The van der Waals surface area contributed by atoms with Crippen LogP contribution in [-0.4, -0.2) is 47.2 Å². The second kappa shape index (κ2) is 4.15. The lowest BCUT2D eigenvalue weighted by Crippen LogP contribution is -2.46. The molecular formula is C9H12N4O. The molecular weight excluding hydrogens is 180 g/mol. The molecule has 1 aromatic rings. The third-order valence-electron chi connectivity index (χ3n) is 2.24. The van der Waals surface area contributed by atoms with Gasteiger partial charge in [0.1, 0.15) is 0 Å². The van der Waals surface area contributed by atoms with Crippen LogP contribution in [0.1, 0.15) is 10.4 Å². The Kier molecular flexibility index (Phi) is 2.69. The van der Waals surface area contributed by atoms with Crippen molar-refractivity contribution in [1.29, 1.82) is 0 Å². The summed E-state index contributed by atoms with van der Waals surface area (Å²) in [6.45, 7) is 3.26. The van der Waals surface area contributed by atoms with E-state index in [1.165, 1.54) is 12.4 Å². The van der Waals surface area contributed by atoms with Crippen molar-refractivity contribution in [1.82, 2.24) is 20.4 Å². The summed E-state index contributed by atoms with van der Waals surface area (Å²) in [5.41, 5.74) is 0.613. The zero-order valence-electron chi connectivity index (χ0n) is 7.81. The summed E-state index contributed by atoms with van der Waals surface area (Å²) >= 11 is 0. The second-order valence-electron chi connectivity index (χ2n) is 3.17. The van der Waals surface area contributed by atoms with Crippen molar-refractivity contribution in [3.05, 3.63) is 24.0 Å². The van der Waals surface area contributed by atoms with Gasteiger partial charge in [0.15, 0.2) is 0 Å². The SMILES string of the molecule is O=C(c1ccnnc1)N1CCNCC1. The predicted molar refractivity (Wildman–Crippen MR) is 50.8 cm³/mol.